The molecule has 0 bridgehead atoms. The number of hydrogen-bond acceptors (Lipinski definition) is 2. The number of carbonyl (C=O) groups excluding carboxylic acids is 1. The number of ketones is 1. The molecule has 0 aliphatic heterocycles. The van der Waals surface area contributed by atoms with Gasteiger partial charge in [-0.1, -0.05) is 20.8 Å². The zero-order chi connectivity index (χ0) is 15.7. The Morgan fingerprint density at radius 2 is 1.86 bits per heavy atom. The van der Waals surface area contributed by atoms with Crippen molar-refractivity contribution in [3.8, 4) is 0 Å². The van der Waals surface area contributed by atoms with Crippen LogP contribution in [-0.4, -0.2) is 17.0 Å². The van der Waals surface area contributed by atoms with Gasteiger partial charge in [0.2, 0.25) is 0 Å². The molecule has 4 rings (SSSR count). The molecule has 0 aromatic heterocycles. The SMILES string of the molecule is CC1CC(=O)[C@@]2(C)CC[C@H]3[C@@H](CC[C@H]4C[C@H](O)CC[C@@]43C)[C@H]12. The molecule has 0 radical (unpaired) electrons. The fourth-order valence-corrected chi connectivity index (χ4v) is 7.51. The smallest absolute Gasteiger partial charge is 0.139 e. The number of aliphatic hydroxyl groups is 1. The summed E-state index contributed by atoms with van der Waals surface area (Å²) in [6, 6.07) is 0. The zero-order valence-corrected chi connectivity index (χ0v) is 14.5. The first-order valence-corrected chi connectivity index (χ1v) is 9.57. The van der Waals surface area contributed by atoms with Crippen molar-refractivity contribution >= 4 is 5.78 Å². The van der Waals surface area contributed by atoms with Crippen LogP contribution in [-0.2, 0) is 4.79 Å². The molecule has 4 fully saturated rings. The third-order valence-electron chi connectivity index (χ3n) is 8.65. The van der Waals surface area contributed by atoms with E-state index in [1.165, 1.54) is 25.7 Å². The molecule has 1 unspecified atom stereocenters. The third kappa shape index (κ3) is 1.85. The van der Waals surface area contributed by atoms with E-state index in [2.05, 4.69) is 20.8 Å². The Balaban J connectivity index is 1.66. The quantitative estimate of drug-likeness (QED) is 0.728. The fourth-order valence-electron chi connectivity index (χ4n) is 7.51. The van der Waals surface area contributed by atoms with Gasteiger partial charge in [0.15, 0.2) is 0 Å². The highest BCUT2D eigenvalue weighted by molar-refractivity contribution is 5.87. The van der Waals surface area contributed by atoms with Crippen molar-refractivity contribution in [3.05, 3.63) is 0 Å². The number of Topliss-reactive ketones (excluding diaryl/α,β-unsaturated/α-hetero) is 1. The minimum absolute atomic E-state index is 0.0159. The Morgan fingerprint density at radius 3 is 2.64 bits per heavy atom. The van der Waals surface area contributed by atoms with Crippen molar-refractivity contribution in [1.29, 1.82) is 0 Å². The molecule has 2 heteroatoms. The lowest BCUT2D eigenvalue weighted by Crippen LogP contribution is -2.54. The van der Waals surface area contributed by atoms with Gasteiger partial charge in [0.1, 0.15) is 5.78 Å². The highest BCUT2D eigenvalue weighted by atomic mass is 16.3. The lowest BCUT2D eigenvalue weighted by Gasteiger charge is -2.60. The van der Waals surface area contributed by atoms with Gasteiger partial charge in [0.25, 0.3) is 0 Å². The molecule has 1 N–H and O–H groups in total. The minimum atomic E-state index is -0.0598. The highest BCUT2D eigenvalue weighted by Crippen LogP contribution is 2.66. The van der Waals surface area contributed by atoms with E-state index in [1.807, 2.05) is 0 Å². The van der Waals surface area contributed by atoms with E-state index in [1.54, 1.807) is 0 Å². The van der Waals surface area contributed by atoms with E-state index in [-0.39, 0.29) is 11.5 Å². The molecule has 4 aliphatic carbocycles. The van der Waals surface area contributed by atoms with Gasteiger partial charge in [0.05, 0.1) is 6.10 Å². The van der Waals surface area contributed by atoms with Crippen LogP contribution in [0, 0.1) is 40.4 Å². The Labute approximate surface area is 135 Å². The molecular weight excluding hydrogens is 272 g/mol. The van der Waals surface area contributed by atoms with Gasteiger partial charge in [-0.15, -0.1) is 0 Å². The van der Waals surface area contributed by atoms with Crippen LogP contribution in [0.3, 0.4) is 0 Å². The molecule has 4 saturated carbocycles. The molecule has 124 valence electrons. The number of aliphatic hydroxyl groups excluding tert-OH is 1. The standard InChI is InChI=1S/C20H32O2/c1-12-10-17(22)20(3)9-7-16-15(18(12)20)5-4-13-11-14(21)6-8-19(13,16)2/h12-16,18,21H,4-11H2,1-3H3/t12?,13-,14+,15+,16-,18-,19-,20+/m0/s1. The Kier molecular flexibility index (Phi) is 3.32. The van der Waals surface area contributed by atoms with Crippen LogP contribution in [0.15, 0.2) is 0 Å². The van der Waals surface area contributed by atoms with Gasteiger partial charge in [0, 0.05) is 11.8 Å². The predicted octanol–water partition coefficient (Wildman–Crippen LogP) is 4.21. The van der Waals surface area contributed by atoms with E-state index >= 15 is 0 Å². The molecule has 0 saturated heterocycles. The lowest BCUT2D eigenvalue weighted by atomic mass is 9.44. The van der Waals surface area contributed by atoms with Crippen LogP contribution < -0.4 is 0 Å². The molecule has 0 amide bonds. The molecule has 0 aromatic rings. The van der Waals surface area contributed by atoms with Crippen LogP contribution in [0.4, 0.5) is 0 Å². The van der Waals surface area contributed by atoms with Gasteiger partial charge in [-0.25, -0.2) is 0 Å². The van der Waals surface area contributed by atoms with Gasteiger partial charge < -0.3 is 5.11 Å². The van der Waals surface area contributed by atoms with E-state index in [0.29, 0.717) is 29.0 Å². The largest absolute Gasteiger partial charge is 0.393 e. The molecule has 2 nitrogen and oxygen atoms in total. The maximum atomic E-state index is 12.6. The summed E-state index contributed by atoms with van der Waals surface area (Å²) in [5.74, 6) is 4.04. The average Bonchev–Trinajstić information content (AvgIpc) is 2.70. The number of carbonyl (C=O) groups is 1. The predicted molar refractivity (Wildman–Crippen MR) is 87.3 cm³/mol. The average molecular weight is 304 g/mol. The monoisotopic (exact) mass is 304 g/mol. The van der Waals surface area contributed by atoms with Gasteiger partial charge in [-0.05, 0) is 80.0 Å². The highest BCUT2D eigenvalue weighted by Gasteiger charge is 2.61. The van der Waals surface area contributed by atoms with Crippen LogP contribution in [0.5, 0.6) is 0 Å². The van der Waals surface area contributed by atoms with Crippen molar-refractivity contribution in [2.24, 2.45) is 40.4 Å². The number of fused-ring (bicyclic) bond motifs is 5. The molecule has 22 heavy (non-hydrogen) atoms. The summed E-state index contributed by atoms with van der Waals surface area (Å²) in [5.41, 5.74) is 0.410. The second kappa shape index (κ2) is 4.82. The summed E-state index contributed by atoms with van der Waals surface area (Å²) in [5, 5.41) is 10.1. The molecule has 0 heterocycles. The van der Waals surface area contributed by atoms with E-state index in [9.17, 15) is 9.90 Å². The molecule has 0 spiro atoms. The fraction of sp³-hybridized carbons (Fsp3) is 0.950. The normalized spacial score (nSPS) is 57.9. The minimum Gasteiger partial charge on any atom is -0.393 e. The topological polar surface area (TPSA) is 37.3 Å². The maximum absolute atomic E-state index is 12.6. The Hall–Kier alpha value is -0.370. The van der Waals surface area contributed by atoms with Gasteiger partial charge in [-0.2, -0.15) is 0 Å². The Morgan fingerprint density at radius 1 is 1.09 bits per heavy atom. The summed E-state index contributed by atoms with van der Waals surface area (Å²) in [6.45, 7) is 7.12. The van der Waals surface area contributed by atoms with Crippen LogP contribution in [0.2, 0.25) is 0 Å². The maximum Gasteiger partial charge on any atom is 0.139 e. The van der Waals surface area contributed by atoms with Crippen molar-refractivity contribution in [2.75, 3.05) is 0 Å². The molecule has 0 aromatic carbocycles. The van der Waals surface area contributed by atoms with E-state index < -0.39 is 0 Å². The third-order valence-corrected chi connectivity index (χ3v) is 8.65. The number of rotatable bonds is 0. The lowest BCUT2D eigenvalue weighted by molar-refractivity contribution is -0.144. The van der Waals surface area contributed by atoms with Crippen molar-refractivity contribution in [1.82, 2.24) is 0 Å². The molecular formula is C20H32O2. The van der Waals surface area contributed by atoms with Crippen LogP contribution in [0.1, 0.15) is 72.1 Å². The summed E-state index contributed by atoms with van der Waals surface area (Å²) < 4.78 is 0. The van der Waals surface area contributed by atoms with Crippen molar-refractivity contribution in [2.45, 2.75) is 78.2 Å². The van der Waals surface area contributed by atoms with Gasteiger partial charge in [-0.3, -0.25) is 4.79 Å². The summed E-state index contributed by atoms with van der Waals surface area (Å²) in [4.78, 5) is 12.6. The number of hydrogen-bond donors (Lipinski definition) is 1. The molecule has 4 aliphatic rings. The first-order valence-electron chi connectivity index (χ1n) is 9.57. The zero-order valence-electron chi connectivity index (χ0n) is 14.5. The van der Waals surface area contributed by atoms with Crippen molar-refractivity contribution < 1.29 is 9.90 Å². The van der Waals surface area contributed by atoms with E-state index in [0.717, 1.165) is 37.5 Å². The Bertz CT molecular complexity index is 486. The second-order valence-corrected chi connectivity index (χ2v) is 9.57. The summed E-state index contributed by atoms with van der Waals surface area (Å²) in [6.07, 6.45) is 8.93. The van der Waals surface area contributed by atoms with Crippen LogP contribution >= 0.6 is 0 Å². The van der Waals surface area contributed by atoms with Gasteiger partial charge >= 0.3 is 0 Å². The van der Waals surface area contributed by atoms with Crippen molar-refractivity contribution in [3.63, 3.8) is 0 Å². The first kappa shape index (κ1) is 15.2. The second-order valence-electron chi connectivity index (χ2n) is 9.57. The summed E-state index contributed by atoms with van der Waals surface area (Å²) >= 11 is 0. The molecule has 8 atom stereocenters. The first-order chi connectivity index (χ1) is 10.4. The van der Waals surface area contributed by atoms with E-state index in [4.69, 9.17) is 0 Å². The summed E-state index contributed by atoms with van der Waals surface area (Å²) in [7, 11) is 0. The van der Waals surface area contributed by atoms with Crippen LogP contribution in [0.25, 0.3) is 0 Å².